The smallest absolute Gasteiger partial charge is 0.257 e. The maximum Gasteiger partial charge on any atom is 0.257 e. The molecule has 142 valence electrons. The first-order valence-corrected chi connectivity index (χ1v) is 9.00. The van der Waals surface area contributed by atoms with Gasteiger partial charge in [0.15, 0.2) is 0 Å². The summed E-state index contributed by atoms with van der Waals surface area (Å²) in [5, 5.41) is 10.8. The average molecular weight is 399 g/mol. The van der Waals surface area contributed by atoms with Crippen LogP contribution in [0.5, 0.6) is 0 Å². The Bertz CT molecular complexity index is 1060. The predicted octanol–water partition coefficient (Wildman–Crippen LogP) is 3.91. The van der Waals surface area contributed by atoms with Gasteiger partial charge in [-0.2, -0.15) is 9.67 Å². The molecule has 0 aliphatic carbocycles. The van der Waals surface area contributed by atoms with Crippen LogP contribution < -0.4 is 10.6 Å². The van der Waals surface area contributed by atoms with Crippen molar-refractivity contribution in [3.05, 3.63) is 64.9 Å². The van der Waals surface area contributed by atoms with E-state index in [2.05, 4.69) is 25.7 Å². The van der Waals surface area contributed by atoms with E-state index in [1.165, 1.54) is 10.7 Å². The number of aliphatic imine (C=N–C) groups is 1. The number of carbonyl (C=O) groups is 1. The topological polar surface area (TPSA) is 84.2 Å². The van der Waals surface area contributed by atoms with Crippen molar-refractivity contribution in [3.63, 3.8) is 0 Å². The minimum Gasteiger partial charge on any atom is -0.377 e. The number of nitrogens with one attached hydrogen (secondary N) is 2. The highest BCUT2D eigenvalue weighted by Crippen LogP contribution is 2.21. The van der Waals surface area contributed by atoms with Crippen LogP contribution in [-0.4, -0.2) is 32.9 Å². The Morgan fingerprint density at radius 3 is 2.68 bits per heavy atom. The molecule has 0 unspecified atom stereocenters. The number of anilines is 2. The summed E-state index contributed by atoms with van der Waals surface area (Å²) < 4.78 is 14.9. The van der Waals surface area contributed by atoms with Gasteiger partial charge in [-0.3, -0.25) is 4.79 Å². The lowest BCUT2D eigenvalue weighted by Crippen LogP contribution is -2.26. The van der Waals surface area contributed by atoms with Crippen molar-refractivity contribution in [1.29, 1.82) is 0 Å². The minimum atomic E-state index is -0.362. The first-order chi connectivity index (χ1) is 13.6. The molecule has 2 N–H and O–H groups in total. The van der Waals surface area contributed by atoms with Gasteiger partial charge in [-0.25, -0.2) is 9.38 Å². The molecule has 0 bridgehead atoms. The fourth-order valence-corrected chi connectivity index (χ4v) is 2.97. The summed E-state index contributed by atoms with van der Waals surface area (Å²) in [6.45, 7) is 0.657. The molecule has 0 atom stereocenters. The third-order valence-electron chi connectivity index (χ3n) is 4.19. The lowest BCUT2D eigenvalue weighted by Gasteiger charge is -2.13. The monoisotopic (exact) mass is 398 g/mol. The van der Waals surface area contributed by atoms with Crippen LogP contribution in [0.25, 0.3) is 0 Å². The fraction of sp³-hybridized carbons (Fsp3) is 0.158. The number of carbonyl (C=O) groups excluding carboxylic acids is 1. The van der Waals surface area contributed by atoms with Crippen LogP contribution in [0.15, 0.2) is 53.5 Å². The summed E-state index contributed by atoms with van der Waals surface area (Å²) in [4.78, 5) is 21.0. The second kappa shape index (κ2) is 7.77. The van der Waals surface area contributed by atoms with Crippen LogP contribution in [0.4, 0.5) is 22.0 Å². The first-order valence-electron chi connectivity index (χ1n) is 8.62. The van der Waals surface area contributed by atoms with E-state index in [0.29, 0.717) is 23.0 Å². The molecular formula is C19H16ClFN6O. The van der Waals surface area contributed by atoms with E-state index in [-0.39, 0.29) is 36.6 Å². The van der Waals surface area contributed by atoms with Gasteiger partial charge < -0.3 is 10.6 Å². The molecule has 28 heavy (non-hydrogen) atoms. The van der Waals surface area contributed by atoms with Gasteiger partial charge in [0.1, 0.15) is 5.82 Å². The van der Waals surface area contributed by atoms with Gasteiger partial charge in [-0.05, 0) is 23.8 Å². The average Bonchev–Trinajstić information content (AvgIpc) is 3.10. The molecule has 0 amide bonds. The van der Waals surface area contributed by atoms with Crippen LogP contribution in [-0.2, 0) is 6.54 Å². The molecule has 9 heteroatoms. The van der Waals surface area contributed by atoms with Crippen molar-refractivity contribution >= 4 is 40.8 Å². The van der Waals surface area contributed by atoms with Crippen LogP contribution >= 0.6 is 11.6 Å². The maximum absolute atomic E-state index is 13.7. The highest BCUT2D eigenvalue weighted by molar-refractivity contribution is 6.31. The van der Waals surface area contributed by atoms with E-state index in [9.17, 15) is 9.18 Å². The molecular weight excluding hydrogens is 383 g/mol. The zero-order chi connectivity index (χ0) is 19.5. The van der Waals surface area contributed by atoms with Crippen LogP contribution in [0, 0.1) is 5.82 Å². The van der Waals surface area contributed by atoms with E-state index in [1.54, 1.807) is 24.3 Å². The lowest BCUT2D eigenvalue weighted by atomic mass is 10.2. The van der Waals surface area contributed by atoms with Gasteiger partial charge in [-0.15, -0.1) is 5.10 Å². The molecule has 0 spiro atoms. The zero-order valence-corrected chi connectivity index (χ0v) is 15.4. The van der Waals surface area contributed by atoms with Crippen molar-refractivity contribution in [1.82, 2.24) is 14.8 Å². The molecule has 2 heterocycles. The Morgan fingerprint density at radius 2 is 1.86 bits per heavy atom. The number of fused-ring (bicyclic) bond motifs is 1. The molecule has 3 aromatic rings. The van der Waals surface area contributed by atoms with E-state index < -0.39 is 0 Å². The molecule has 4 rings (SSSR count). The number of hydrogen-bond donors (Lipinski definition) is 2. The van der Waals surface area contributed by atoms with E-state index >= 15 is 0 Å². The number of nitrogens with zero attached hydrogens (tertiary/aromatic N) is 4. The quantitative estimate of drug-likeness (QED) is 0.657. The van der Waals surface area contributed by atoms with Crippen molar-refractivity contribution in [2.45, 2.75) is 13.0 Å². The molecule has 1 aliphatic rings. The first kappa shape index (κ1) is 18.1. The second-order valence-electron chi connectivity index (χ2n) is 6.17. The molecule has 0 saturated heterocycles. The summed E-state index contributed by atoms with van der Waals surface area (Å²) >= 11 is 6.13. The molecule has 7 nitrogen and oxygen atoms in total. The van der Waals surface area contributed by atoms with E-state index in [1.807, 2.05) is 18.2 Å². The van der Waals surface area contributed by atoms with Crippen LogP contribution in [0.3, 0.4) is 0 Å². The Labute approximate surface area is 165 Å². The van der Waals surface area contributed by atoms with Crippen LogP contribution in [0.1, 0.15) is 16.8 Å². The molecule has 0 radical (unpaired) electrons. The normalized spacial score (nSPS) is 13.1. The number of halogens is 2. The Kier molecular flexibility index (Phi) is 5.03. The van der Waals surface area contributed by atoms with Crippen molar-refractivity contribution < 1.29 is 9.18 Å². The molecule has 2 aromatic carbocycles. The maximum atomic E-state index is 13.7. The van der Waals surface area contributed by atoms with Gasteiger partial charge in [0, 0.05) is 11.6 Å². The van der Waals surface area contributed by atoms with Gasteiger partial charge in [0.25, 0.3) is 11.9 Å². The van der Waals surface area contributed by atoms with Gasteiger partial charge in [-0.1, -0.05) is 41.9 Å². The number of benzene rings is 2. The summed E-state index contributed by atoms with van der Waals surface area (Å²) in [5.74, 6) is -0.119. The number of para-hydroxylation sites is 1. The van der Waals surface area contributed by atoms with Gasteiger partial charge >= 0.3 is 0 Å². The van der Waals surface area contributed by atoms with E-state index in [0.717, 1.165) is 5.56 Å². The Balaban J connectivity index is 1.46. The number of aromatic nitrogens is 3. The minimum absolute atomic E-state index is 0.0851. The Hall–Kier alpha value is -3.26. The third kappa shape index (κ3) is 3.86. The molecule has 1 aromatic heterocycles. The van der Waals surface area contributed by atoms with Gasteiger partial charge in [0.05, 0.1) is 24.4 Å². The molecule has 1 aliphatic heterocycles. The predicted molar refractivity (Wildman–Crippen MR) is 106 cm³/mol. The largest absolute Gasteiger partial charge is 0.377 e. The SMILES string of the molecule is O=C1CC(CNc2ccccc2F)=Nc2nc(NCc3ccccc3Cl)nn21. The highest BCUT2D eigenvalue weighted by atomic mass is 35.5. The summed E-state index contributed by atoms with van der Waals surface area (Å²) in [6.07, 6.45) is 0.0851. The van der Waals surface area contributed by atoms with Gasteiger partial charge in [0.2, 0.25) is 5.95 Å². The summed E-state index contributed by atoms with van der Waals surface area (Å²) in [7, 11) is 0. The lowest BCUT2D eigenvalue weighted by molar-refractivity contribution is 0.0906. The third-order valence-corrected chi connectivity index (χ3v) is 4.56. The standard InChI is InChI=1S/C19H16ClFN6O/c20-14-6-2-1-5-12(14)10-23-18-25-19-24-13(9-17(28)27(19)26-18)11-22-16-8-4-3-7-15(16)21/h1-8,22H,9-11H2,(H,23,26). The van der Waals surface area contributed by atoms with E-state index in [4.69, 9.17) is 11.6 Å². The zero-order valence-electron chi connectivity index (χ0n) is 14.7. The fourth-order valence-electron chi connectivity index (χ4n) is 2.77. The van der Waals surface area contributed by atoms with Crippen molar-refractivity contribution in [2.75, 3.05) is 17.2 Å². The molecule has 0 saturated carbocycles. The Morgan fingerprint density at radius 1 is 1.07 bits per heavy atom. The highest BCUT2D eigenvalue weighted by Gasteiger charge is 2.23. The molecule has 0 fully saturated rings. The van der Waals surface area contributed by atoms with Crippen molar-refractivity contribution in [3.8, 4) is 0 Å². The summed E-state index contributed by atoms with van der Waals surface area (Å²) in [5.41, 5.74) is 1.80. The number of rotatable bonds is 6. The number of hydrogen-bond acceptors (Lipinski definition) is 6. The van der Waals surface area contributed by atoms with Crippen LogP contribution in [0.2, 0.25) is 5.02 Å². The summed E-state index contributed by atoms with van der Waals surface area (Å²) in [6, 6.07) is 13.8. The second-order valence-corrected chi connectivity index (χ2v) is 6.58. The van der Waals surface area contributed by atoms with Crippen molar-refractivity contribution in [2.24, 2.45) is 4.99 Å².